The molecule has 2 N–H and O–H groups in total. The van der Waals surface area contributed by atoms with Crippen molar-refractivity contribution in [3.05, 3.63) is 35.9 Å². The van der Waals surface area contributed by atoms with Gasteiger partial charge in [-0.1, -0.05) is 30.3 Å². The molecule has 2 rings (SSSR count). The maximum atomic E-state index is 12.0. The van der Waals surface area contributed by atoms with Gasteiger partial charge >= 0.3 is 5.97 Å². The summed E-state index contributed by atoms with van der Waals surface area (Å²) in [6, 6.07) is 9.24. The molecule has 0 radical (unpaired) electrons. The van der Waals surface area contributed by atoms with Gasteiger partial charge in [-0.25, -0.2) is 0 Å². The maximum Gasteiger partial charge on any atom is 0.323 e. The van der Waals surface area contributed by atoms with Crippen LogP contribution in [0.5, 0.6) is 0 Å². The van der Waals surface area contributed by atoms with Crippen molar-refractivity contribution < 1.29 is 19.5 Å². The van der Waals surface area contributed by atoms with Gasteiger partial charge in [0.2, 0.25) is 11.8 Å². The van der Waals surface area contributed by atoms with Crippen LogP contribution in [0.25, 0.3) is 0 Å². The molecule has 112 valence electrons. The van der Waals surface area contributed by atoms with E-state index in [1.165, 1.54) is 4.90 Å². The third kappa shape index (κ3) is 4.91. The predicted molar refractivity (Wildman–Crippen MR) is 75.5 cm³/mol. The molecule has 6 nitrogen and oxygen atoms in total. The molecule has 21 heavy (non-hydrogen) atoms. The van der Waals surface area contributed by atoms with Crippen LogP contribution in [-0.4, -0.2) is 46.9 Å². The molecule has 0 heterocycles. The largest absolute Gasteiger partial charge is 0.480 e. The number of nitrogens with zero attached hydrogens (tertiary/aromatic N) is 1. The van der Waals surface area contributed by atoms with Crippen LogP contribution in [-0.2, 0) is 20.8 Å². The highest BCUT2D eigenvalue weighted by Gasteiger charge is 2.33. The number of carboxylic acids is 1. The van der Waals surface area contributed by atoms with Crippen LogP contribution in [0.15, 0.2) is 30.3 Å². The highest BCUT2D eigenvalue weighted by molar-refractivity contribution is 5.87. The summed E-state index contributed by atoms with van der Waals surface area (Å²) in [7, 11) is 0. The minimum atomic E-state index is -1.04. The quantitative estimate of drug-likeness (QED) is 0.762. The summed E-state index contributed by atoms with van der Waals surface area (Å²) in [5.41, 5.74) is 0.868. The first-order valence-electron chi connectivity index (χ1n) is 6.88. The van der Waals surface area contributed by atoms with E-state index in [0.717, 1.165) is 18.4 Å². The first-order valence-corrected chi connectivity index (χ1v) is 6.88. The minimum Gasteiger partial charge on any atom is -0.480 e. The van der Waals surface area contributed by atoms with Crippen LogP contribution < -0.4 is 5.32 Å². The zero-order valence-corrected chi connectivity index (χ0v) is 11.6. The van der Waals surface area contributed by atoms with Crippen LogP contribution in [0, 0.1) is 0 Å². The number of carbonyl (C=O) groups excluding carboxylic acids is 2. The Morgan fingerprint density at radius 1 is 1.19 bits per heavy atom. The normalized spacial score (nSPS) is 13.5. The van der Waals surface area contributed by atoms with Crippen molar-refractivity contribution in [3.63, 3.8) is 0 Å². The summed E-state index contributed by atoms with van der Waals surface area (Å²) >= 11 is 0. The average Bonchev–Trinajstić information content (AvgIpc) is 3.27. The van der Waals surface area contributed by atoms with Gasteiger partial charge in [0.25, 0.3) is 0 Å². The highest BCUT2D eigenvalue weighted by Crippen LogP contribution is 2.26. The van der Waals surface area contributed by atoms with E-state index in [0.29, 0.717) is 0 Å². The fourth-order valence-corrected chi connectivity index (χ4v) is 2.07. The number of carboxylic acid groups (broad SMARTS) is 1. The van der Waals surface area contributed by atoms with Gasteiger partial charge in [-0.2, -0.15) is 0 Å². The average molecular weight is 290 g/mol. The molecule has 0 spiro atoms. The van der Waals surface area contributed by atoms with Crippen LogP contribution in [0.1, 0.15) is 18.4 Å². The Bertz CT molecular complexity index is 526. The van der Waals surface area contributed by atoms with Crippen molar-refractivity contribution in [2.24, 2.45) is 0 Å². The van der Waals surface area contributed by atoms with E-state index in [9.17, 15) is 14.4 Å². The maximum absolute atomic E-state index is 12.0. The Kier molecular flexibility index (Phi) is 4.92. The Balaban J connectivity index is 1.79. The molecule has 0 aromatic heterocycles. The van der Waals surface area contributed by atoms with Gasteiger partial charge < -0.3 is 15.3 Å². The van der Waals surface area contributed by atoms with E-state index >= 15 is 0 Å². The Morgan fingerprint density at radius 3 is 2.43 bits per heavy atom. The predicted octanol–water partition coefficient (Wildman–Crippen LogP) is 0.421. The van der Waals surface area contributed by atoms with Gasteiger partial charge in [-0.05, 0) is 18.4 Å². The molecular weight excluding hydrogens is 272 g/mol. The molecule has 6 heteroatoms. The smallest absolute Gasteiger partial charge is 0.323 e. The van der Waals surface area contributed by atoms with Crippen molar-refractivity contribution in [2.75, 3.05) is 13.1 Å². The molecule has 1 aromatic carbocycles. The topological polar surface area (TPSA) is 86.7 Å². The molecule has 1 aromatic rings. The number of carbonyl (C=O) groups is 3. The summed E-state index contributed by atoms with van der Waals surface area (Å²) in [6.07, 6.45) is 1.87. The summed E-state index contributed by atoms with van der Waals surface area (Å²) in [5, 5.41) is 11.3. The second-order valence-corrected chi connectivity index (χ2v) is 5.09. The lowest BCUT2D eigenvalue weighted by molar-refractivity contribution is -0.144. The van der Waals surface area contributed by atoms with Gasteiger partial charge in [-0.15, -0.1) is 0 Å². The van der Waals surface area contributed by atoms with Gasteiger partial charge in [0, 0.05) is 6.04 Å². The number of rotatable bonds is 7. The van der Waals surface area contributed by atoms with E-state index < -0.39 is 5.97 Å². The summed E-state index contributed by atoms with van der Waals surface area (Å²) < 4.78 is 0. The number of hydrogen-bond acceptors (Lipinski definition) is 3. The first kappa shape index (κ1) is 15.0. The van der Waals surface area contributed by atoms with E-state index in [-0.39, 0.29) is 37.4 Å². The number of nitrogens with one attached hydrogen (secondary N) is 1. The Morgan fingerprint density at radius 2 is 1.86 bits per heavy atom. The van der Waals surface area contributed by atoms with Gasteiger partial charge in [-0.3, -0.25) is 14.4 Å². The molecule has 1 fully saturated rings. The third-order valence-electron chi connectivity index (χ3n) is 3.26. The van der Waals surface area contributed by atoms with Crippen molar-refractivity contribution in [3.8, 4) is 0 Å². The number of aliphatic carboxylic acids is 1. The van der Waals surface area contributed by atoms with Crippen LogP contribution in [0.4, 0.5) is 0 Å². The van der Waals surface area contributed by atoms with E-state index in [4.69, 9.17) is 5.11 Å². The second kappa shape index (κ2) is 6.88. The summed E-state index contributed by atoms with van der Waals surface area (Å²) in [6.45, 7) is -0.465. The Labute approximate surface area is 122 Å². The van der Waals surface area contributed by atoms with Crippen molar-refractivity contribution in [2.45, 2.75) is 25.3 Å². The first-order chi connectivity index (χ1) is 10.1. The van der Waals surface area contributed by atoms with Crippen molar-refractivity contribution >= 4 is 17.8 Å². The minimum absolute atomic E-state index is 0.0135. The van der Waals surface area contributed by atoms with Gasteiger partial charge in [0.15, 0.2) is 0 Å². The molecule has 2 amide bonds. The van der Waals surface area contributed by atoms with Crippen molar-refractivity contribution in [1.82, 2.24) is 10.2 Å². The lowest BCUT2D eigenvalue weighted by Crippen LogP contribution is -2.44. The molecule has 1 aliphatic rings. The second-order valence-electron chi connectivity index (χ2n) is 5.09. The number of amides is 2. The third-order valence-corrected chi connectivity index (χ3v) is 3.26. The van der Waals surface area contributed by atoms with E-state index in [2.05, 4.69) is 5.32 Å². The fourth-order valence-electron chi connectivity index (χ4n) is 2.07. The zero-order chi connectivity index (χ0) is 15.2. The molecule has 0 saturated heterocycles. The van der Waals surface area contributed by atoms with E-state index in [1.807, 2.05) is 30.3 Å². The molecule has 1 aliphatic carbocycles. The highest BCUT2D eigenvalue weighted by atomic mass is 16.4. The summed E-state index contributed by atoms with van der Waals surface area (Å²) in [4.78, 5) is 35.8. The molecule has 0 bridgehead atoms. The SMILES string of the molecule is O=C(O)CN(C(=O)CNC(=O)Cc1ccccc1)C1CC1. The fraction of sp³-hybridized carbons (Fsp3) is 0.400. The molecular formula is C15H18N2O4. The monoisotopic (exact) mass is 290 g/mol. The van der Waals surface area contributed by atoms with Crippen LogP contribution in [0.3, 0.4) is 0 Å². The van der Waals surface area contributed by atoms with Crippen molar-refractivity contribution in [1.29, 1.82) is 0 Å². The van der Waals surface area contributed by atoms with E-state index in [1.54, 1.807) is 0 Å². The molecule has 1 saturated carbocycles. The zero-order valence-electron chi connectivity index (χ0n) is 11.6. The molecule has 0 aliphatic heterocycles. The van der Waals surface area contributed by atoms with Gasteiger partial charge in [0.05, 0.1) is 13.0 Å². The van der Waals surface area contributed by atoms with Gasteiger partial charge in [0.1, 0.15) is 6.54 Å². The lowest BCUT2D eigenvalue weighted by Gasteiger charge is -2.20. The molecule has 0 unspecified atom stereocenters. The lowest BCUT2D eigenvalue weighted by atomic mass is 10.1. The summed E-state index contributed by atoms with van der Waals surface area (Å²) in [5.74, 6) is -1.63. The Hall–Kier alpha value is -2.37. The van der Waals surface area contributed by atoms with Crippen LogP contribution in [0.2, 0.25) is 0 Å². The van der Waals surface area contributed by atoms with Crippen LogP contribution >= 0.6 is 0 Å². The number of hydrogen-bond donors (Lipinski definition) is 2. The number of benzene rings is 1. The standard InChI is InChI=1S/C15H18N2O4/c18-13(8-11-4-2-1-3-5-11)16-9-14(19)17(10-15(20)21)12-6-7-12/h1-5,12H,6-10H2,(H,16,18)(H,20,21). The molecule has 0 atom stereocenters.